The predicted molar refractivity (Wildman–Crippen MR) is 64.5 cm³/mol. The van der Waals surface area contributed by atoms with Crippen molar-refractivity contribution in [3.05, 3.63) is 47.2 Å². The molecule has 4 nitrogen and oxygen atoms in total. The molecule has 2 aromatic rings. The first-order chi connectivity index (χ1) is 8.22. The molecule has 0 N–H and O–H groups in total. The normalized spacial score (nSPS) is 10.2. The third kappa shape index (κ3) is 2.47. The Balaban J connectivity index is 2.34. The minimum Gasteiger partial charge on any atom is -0.461 e. The molecule has 88 valence electrons. The van der Waals surface area contributed by atoms with Gasteiger partial charge in [-0.3, -0.25) is 0 Å². The van der Waals surface area contributed by atoms with E-state index in [9.17, 15) is 4.79 Å². The van der Waals surface area contributed by atoms with E-state index in [-0.39, 0.29) is 10.7 Å². The molecule has 0 aliphatic carbocycles. The minimum atomic E-state index is -0.507. The predicted octanol–water partition coefficient (Wildman–Crippen LogP) is 2.70. The van der Waals surface area contributed by atoms with Crippen LogP contribution in [0.15, 0.2) is 36.5 Å². The molecule has 1 aromatic carbocycles. The van der Waals surface area contributed by atoms with Crippen LogP contribution in [0.3, 0.4) is 0 Å². The summed E-state index contributed by atoms with van der Waals surface area (Å²) in [6.07, 6.45) is 1.59. The van der Waals surface area contributed by atoms with E-state index in [0.717, 1.165) is 5.69 Å². The Morgan fingerprint density at radius 2 is 2.12 bits per heavy atom. The van der Waals surface area contributed by atoms with Gasteiger partial charge in [0.15, 0.2) is 5.69 Å². The summed E-state index contributed by atoms with van der Waals surface area (Å²) in [5.74, 6) is -0.507. The molecule has 0 spiro atoms. The molecule has 0 aliphatic heterocycles. The number of carbonyl (C=O) groups is 1. The van der Waals surface area contributed by atoms with Crippen molar-refractivity contribution < 1.29 is 9.53 Å². The second kappa shape index (κ2) is 5.01. The van der Waals surface area contributed by atoms with Gasteiger partial charge in [-0.2, -0.15) is 5.10 Å². The number of nitrogens with zero attached hydrogens (tertiary/aromatic N) is 2. The van der Waals surface area contributed by atoms with E-state index in [0.29, 0.717) is 6.61 Å². The van der Waals surface area contributed by atoms with Gasteiger partial charge in [0.2, 0.25) is 0 Å². The van der Waals surface area contributed by atoms with Crippen LogP contribution in [0.25, 0.3) is 5.69 Å². The number of hydrogen-bond donors (Lipinski definition) is 0. The largest absolute Gasteiger partial charge is 0.461 e. The van der Waals surface area contributed by atoms with Crippen LogP contribution in [-0.4, -0.2) is 22.4 Å². The van der Waals surface area contributed by atoms with Crippen LogP contribution >= 0.6 is 11.6 Å². The molecule has 0 saturated carbocycles. The summed E-state index contributed by atoms with van der Waals surface area (Å²) in [7, 11) is 0. The van der Waals surface area contributed by atoms with E-state index < -0.39 is 5.97 Å². The first kappa shape index (κ1) is 11.7. The highest BCUT2D eigenvalue weighted by atomic mass is 35.5. The lowest BCUT2D eigenvalue weighted by Crippen LogP contribution is -2.07. The van der Waals surface area contributed by atoms with E-state index in [1.165, 1.54) is 0 Å². The Bertz CT molecular complexity index is 523. The number of aromatic nitrogens is 2. The number of esters is 1. The lowest BCUT2D eigenvalue weighted by atomic mass is 10.3. The van der Waals surface area contributed by atoms with Gasteiger partial charge in [0.1, 0.15) is 0 Å². The summed E-state index contributed by atoms with van der Waals surface area (Å²) >= 11 is 5.94. The first-order valence-electron chi connectivity index (χ1n) is 5.20. The zero-order chi connectivity index (χ0) is 12.3. The smallest absolute Gasteiger partial charge is 0.360 e. The molecule has 0 saturated heterocycles. The zero-order valence-electron chi connectivity index (χ0n) is 9.26. The van der Waals surface area contributed by atoms with Crippen molar-refractivity contribution in [2.24, 2.45) is 0 Å². The summed E-state index contributed by atoms with van der Waals surface area (Å²) in [4.78, 5) is 11.5. The summed E-state index contributed by atoms with van der Waals surface area (Å²) in [6, 6.07) is 9.42. The molecule has 0 radical (unpaired) electrons. The Kier molecular flexibility index (Phi) is 3.44. The summed E-state index contributed by atoms with van der Waals surface area (Å²) in [5.41, 5.74) is 0.974. The maximum atomic E-state index is 11.5. The standard InChI is InChI=1S/C12H11ClN2O2/c1-2-17-12(16)11-10(13)8-15(14-11)9-6-4-3-5-7-9/h3-8H,2H2,1H3. The fourth-order valence-corrected chi connectivity index (χ4v) is 1.61. The van der Waals surface area contributed by atoms with E-state index >= 15 is 0 Å². The molecular weight excluding hydrogens is 240 g/mol. The van der Waals surface area contributed by atoms with Crippen molar-refractivity contribution in [2.45, 2.75) is 6.92 Å². The van der Waals surface area contributed by atoms with Gasteiger partial charge >= 0.3 is 5.97 Å². The quantitative estimate of drug-likeness (QED) is 0.787. The topological polar surface area (TPSA) is 44.1 Å². The van der Waals surface area contributed by atoms with Crippen LogP contribution in [0.4, 0.5) is 0 Å². The monoisotopic (exact) mass is 250 g/mol. The Morgan fingerprint density at radius 3 is 2.76 bits per heavy atom. The lowest BCUT2D eigenvalue weighted by molar-refractivity contribution is 0.0519. The summed E-state index contributed by atoms with van der Waals surface area (Å²) in [6.45, 7) is 2.04. The second-order valence-corrected chi connectivity index (χ2v) is 3.73. The Morgan fingerprint density at radius 1 is 1.41 bits per heavy atom. The van der Waals surface area contributed by atoms with Crippen LogP contribution in [0, 0.1) is 0 Å². The molecule has 0 atom stereocenters. The highest BCUT2D eigenvalue weighted by Crippen LogP contribution is 2.17. The fraction of sp³-hybridized carbons (Fsp3) is 0.167. The number of ether oxygens (including phenoxy) is 1. The molecular formula is C12H11ClN2O2. The zero-order valence-corrected chi connectivity index (χ0v) is 10.0. The van der Waals surface area contributed by atoms with E-state index in [1.807, 2.05) is 30.3 Å². The number of carbonyl (C=O) groups excluding carboxylic acids is 1. The van der Waals surface area contributed by atoms with Gasteiger partial charge in [-0.1, -0.05) is 29.8 Å². The van der Waals surface area contributed by atoms with Gasteiger partial charge in [-0.05, 0) is 19.1 Å². The van der Waals surface area contributed by atoms with Gasteiger partial charge in [-0.25, -0.2) is 9.48 Å². The fourth-order valence-electron chi connectivity index (χ4n) is 1.40. The SMILES string of the molecule is CCOC(=O)c1nn(-c2ccccc2)cc1Cl. The molecule has 0 amide bonds. The number of benzene rings is 1. The number of rotatable bonds is 3. The molecule has 0 aliphatic rings. The average molecular weight is 251 g/mol. The molecule has 17 heavy (non-hydrogen) atoms. The van der Waals surface area contributed by atoms with Gasteiger partial charge < -0.3 is 4.74 Å². The van der Waals surface area contributed by atoms with Crippen LogP contribution in [0.1, 0.15) is 17.4 Å². The number of halogens is 1. The second-order valence-electron chi connectivity index (χ2n) is 3.33. The minimum absolute atomic E-state index is 0.136. The van der Waals surface area contributed by atoms with E-state index in [1.54, 1.807) is 17.8 Å². The third-order valence-corrected chi connectivity index (χ3v) is 2.44. The van der Waals surface area contributed by atoms with Crippen molar-refractivity contribution >= 4 is 17.6 Å². The van der Waals surface area contributed by atoms with Crippen LogP contribution < -0.4 is 0 Å². The molecule has 1 aromatic heterocycles. The maximum absolute atomic E-state index is 11.5. The maximum Gasteiger partial charge on any atom is 0.360 e. The summed E-state index contributed by atoms with van der Waals surface area (Å²) < 4.78 is 6.41. The van der Waals surface area contributed by atoms with Crippen molar-refractivity contribution in [1.82, 2.24) is 9.78 Å². The van der Waals surface area contributed by atoms with Gasteiger partial charge in [0, 0.05) is 0 Å². The summed E-state index contributed by atoms with van der Waals surface area (Å²) in [5, 5.41) is 4.39. The Hall–Kier alpha value is -1.81. The molecule has 2 rings (SSSR count). The lowest BCUT2D eigenvalue weighted by Gasteiger charge is -1.99. The molecule has 0 bridgehead atoms. The van der Waals surface area contributed by atoms with Gasteiger partial charge in [0.05, 0.1) is 23.5 Å². The molecule has 0 fully saturated rings. The van der Waals surface area contributed by atoms with Crippen molar-refractivity contribution in [3.63, 3.8) is 0 Å². The van der Waals surface area contributed by atoms with Crippen molar-refractivity contribution in [1.29, 1.82) is 0 Å². The average Bonchev–Trinajstić information content (AvgIpc) is 2.73. The third-order valence-electron chi connectivity index (χ3n) is 2.16. The van der Waals surface area contributed by atoms with Crippen LogP contribution in [0.5, 0.6) is 0 Å². The van der Waals surface area contributed by atoms with E-state index in [4.69, 9.17) is 16.3 Å². The Labute approximate surface area is 104 Å². The molecule has 1 heterocycles. The number of hydrogen-bond acceptors (Lipinski definition) is 3. The highest BCUT2D eigenvalue weighted by Gasteiger charge is 2.16. The van der Waals surface area contributed by atoms with Crippen molar-refractivity contribution in [2.75, 3.05) is 6.61 Å². The van der Waals surface area contributed by atoms with E-state index in [2.05, 4.69) is 5.10 Å². The molecule has 5 heteroatoms. The number of para-hydroxylation sites is 1. The van der Waals surface area contributed by atoms with Gasteiger partial charge in [-0.15, -0.1) is 0 Å². The highest BCUT2D eigenvalue weighted by molar-refractivity contribution is 6.33. The first-order valence-corrected chi connectivity index (χ1v) is 5.58. The van der Waals surface area contributed by atoms with Crippen molar-refractivity contribution in [3.8, 4) is 5.69 Å². The molecule has 0 unspecified atom stereocenters. The van der Waals surface area contributed by atoms with Gasteiger partial charge in [0.25, 0.3) is 0 Å². The van der Waals surface area contributed by atoms with Crippen LogP contribution in [0.2, 0.25) is 5.02 Å². The van der Waals surface area contributed by atoms with Crippen LogP contribution in [-0.2, 0) is 4.74 Å².